The van der Waals surface area contributed by atoms with E-state index in [4.69, 9.17) is 10.00 Å². The molecule has 1 amide bonds. The summed E-state index contributed by atoms with van der Waals surface area (Å²) in [5, 5.41) is 15.2. The van der Waals surface area contributed by atoms with Crippen LogP contribution in [0.5, 0.6) is 11.5 Å². The Balaban J connectivity index is 1.61. The number of nitrogens with zero attached hydrogens (tertiary/aromatic N) is 1. The predicted octanol–water partition coefficient (Wildman–Crippen LogP) is 5.86. The van der Waals surface area contributed by atoms with E-state index in [0.29, 0.717) is 17.1 Å². The highest BCUT2D eigenvalue weighted by Gasteiger charge is 2.14. The van der Waals surface area contributed by atoms with Gasteiger partial charge in [0, 0.05) is 10.2 Å². The van der Waals surface area contributed by atoms with Crippen molar-refractivity contribution in [3.8, 4) is 17.6 Å². The second-order valence-electron chi connectivity index (χ2n) is 6.57. The molecule has 0 spiro atoms. The quantitative estimate of drug-likeness (QED) is 0.493. The van der Waals surface area contributed by atoms with Crippen LogP contribution >= 0.6 is 15.9 Å². The Morgan fingerprint density at radius 2 is 1.83 bits per heavy atom. The van der Waals surface area contributed by atoms with Gasteiger partial charge < -0.3 is 15.4 Å². The van der Waals surface area contributed by atoms with Crippen LogP contribution in [0.4, 0.5) is 11.4 Å². The lowest BCUT2D eigenvalue weighted by molar-refractivity contribution is -0.116. The minimum atomic E-state index is -0.436. The number of rotatable bonds is 6. The number of aryl methyl sites for hydroxylation is 1. The van der Waals surface area contributed by atoms with Crippen molar-refractivity contribution in [1.29, 1.82) is 5.26 Å². The number of nitrogens with one attached hydrogen (secondary N) is 2. The Hall–Kier alpha value is -3.30. The van der Waals surface area contributed by atoms with Gasteiger partial charge in [0.25, 0.3) is 0 Å². The lowest BCUT2D eigenvalue weighted by atomic mass is 10.2. The van der Waals surface area contributed by atoms with E-state index in [9.17, 15) is 4.79 Å². The third-order valence-electron chi connectivity index (χ3n) is 4.25. The van der Waals surface area contributed by atoms with Crippen LogP contribution in [0, 0.1) is 18.3 Å². The summed E-state index contributed by atoms with van der Waals surface area (Å²) < 4.78 is 6.62. The molecule has 3 aromatic carbocycles. The highest BCUT2D eigenvalue weighted by Crippen LogP contribution is 2.26. The van der Waals surface area contributed by atoms with Crippen LogP contribution in [-0.2, 0) is 4.79 Å². The minimum absolute atomic E-state index is 0.141. The fraction of sp³-hybridized carbons (Fsp3) is 0.130. The van der Waals surface area contributed by atoms with E-state index >= 15 is 0 Å². The average Bonchev–Trinajstić information content (AvgIpc) is 2.72. The molecule has 0 bridgehead atoms. The van der Waals surface area contributed by atoms with E-state index in [1.807, 2.05) is 43.3 Å². The summed E-state index contributed by atoms with van der Waals surface area (Å²) >= 11 is 3.47. The molecule has 146 valence electrons. The van der Waals surface area contributed by atoms with Crippen molar-refractivity contribution >= 4 is 33.2 Å². The molecule has 0 saturated heterocycles. The number of benzene rings is 3. The second-order valence-corrected chi connectivity index (χ2v) is 7.43. The van der Waals surface area contributed by atoms with E-state index in [-0.39, 0.29) is 5.91 Å². The number of hydrogen-bond donors (Lipinski definition) is 2. The summed E-state index contributed by atoms with van der Waals surface area (Å²) in [5.74, 6) is 0.976. The van der Waals surface area contributed by atoms with Crippen molar-refractivity contribution in [3.63, 3.8) is 0 Å². The maximum absolute atomic E-state index is 12.5. The average molecular weight is 450 g/mol. The number of ether oxygens (including phenoxy) is 1. The fourth-order valence-corrected chi connectivity index (χ4v) is 3.26. The molecule has 0 radical (unpaired) electrons. The molecule has 5 nitrogen and oxygen atoms in total. The van der Waals surface area contributed by atoms with Gasteiger partial charge in [0.1, 0.15) is 23.6 Å². The van der Waals surface area contributed by atoms with Gasteiger partial charge in [-0.2, -0.15) is 5.26 Å². The van der Waals surface area contributed by atoms with Crippen LogP contribution in [0.2, 0.25) is 0 Å². The maximum atomic E-state index is 12.5. The molecule has 0 heterocycles. The standard InChI is InChI=1S/C23H20BrN3O2/c1-15-7-12-21(20(24)13-15)27-23(28)16(2)26-18-8-10-19(11-9-18)29-22-6-4-3-5-17(22)14-25/h3-13,16,26H,1-2H3,(H,27,28). The van der Waals surface area contributed by atoms with Gasteiger partial charge in [-0.15, -0.1) is 0 Å². The summed E-state index contributed by atoms with van der Waals surface area (Å²) in [6.07, 6.45) is 0. The zero-order valence-corrected chi connectivity index (χ0v) is 17.7. The highest BCUT2D eigenvalue weighted by molar-refractivity contribution is 9.10. The van der Waals surface area contributed by atoms with E-state index in [2.05, 4.69) is 32.6 Å². The molecular formula is C23H20BrN3O2. The summed E-state index contributed by atoms with van der Waals surface area (Å²) in [6, 6.07) is 21.7. The van der Waals surface area contributed by atoms with Gasteiger partial charge in [0.2, 0.25) is 5.91 Å². The zero-order valence-electron chi connectivity index (χ0n) is 16.1. The van der Waals surface area contributed by atoms with Crippen molar-refractivity contribution in [1.82, 2.24) is 0 Å². The van der Waals surface area contributed by atoms with Crippen LogP contribution in [0.1, 0.15) is 18.1 Å². The van der Waals surface area contributed by atoms with Gasteiger partial charge in [-0.1, -0.05) is 18.2 Å². The molecule has 6 heteroatoms. The topological polar surface area (TPSA) is 74.2 Å². The summed E-state index contributed by atoms with van der Waals surface area (Å²) in [6.45, 7) is 3.79. The number of halogens is 1. The number of carbonyl (C=O) groups excluding carboxylic acids is 1. The van der Waals surface area contributed by atoms with Crippen LogP contribution in [0.25, 0.3) is 0 Å². The molecule has 0 aliphatic heterocycles. The molecule has 0 saturated carbocycles. The highest BCUT2D eigenvalue weighted by atomic mass is 79.9. The first-order chi connectivity index (χ1) is 14.0. The molecule has 0 aliphatic rings. The van der Waals surface area contributed by atoms with Crippen molar-refractivity contribution in [3.05, 3.63) is 82.3 Å². The van der Waals surface area contributed by atoms with Crippen molar-refractivity contribution in [2.75, 3.05) is 10.6 Å². The van der Waals surface area contributed by atoms with Crippen LogP contribution in [0.15, 0.2) is 71.2 Å². The molecular weight excluding hydrogens is 430 g/mol. The molecule has 1 atom stereocenters. The normalized spacial score (nSPS) is 11.2. The Bertz CT molecular complexity index is 1060. The molecule has 2 N–H and O–H groups in total. The number of carbonyl (C=O) groups is 1. The number of amides is 1. The molecule has 29 heavy (non-hydrogen) atoms. The Kier molecular flexibility index (Phi) is 6.53. The molecule has 0 aromatic heterocycles. The lowest BCUT2D eigenvalue weighted by Gasteiger charge is -2.16. The largest absolute Gasteiger partial charge is 0.456 e. The molecule has 0 fully saturated rings. The van der Waals surface area contributed by atoms with Gasteiger partial charge in [0.05, 0.1) is 11.3 Å². The monoisotopic (exact) mass is 449 g/mol. The second kappa shape index (κ2) is 9.26. The Morgan fingerprint density at radius 3 is 2.52 bits per heavy atom. The van der Waals surface area contributed by atoms with Gasteiger partial charge in [-0.05, 0) is 83.9 Å². The maximum Gasteiger partial charge on any atom is 0.246 e. The lowest BCUT2D eigenvalue weighted by Crippen LogP contribution is -2.31. The first-order valence-corrected chi connectivity index (χ1v) is 9.86. The summed E-state index contributed by atoms with van der Waals surface area (Å²) in [4.78, 5) is 12.5. The fourth-order valence-electron chi connectivity index (χ4n) is 2.67. The summed E-state index contributed by atoms with van der Waals surface area (Å²) in [7, 11) is 0. The third-order valence-corrected chi connectivity index (χ3v) is 4.90. The van der Waals surface area contributed by atoms with Crippen LogP contribution in [-0.4, -0.2) is 11.9 Å². The van der Waals surface area contributed by atoms with E-state index < -0.39 is 6.04 Å². The molecule has 3 aromatic rings. The molecule has 3 rings (SSSR count). The number of nitriles is 1. The van der Waals surface area contributed by atoms with Gasteiger partial charge in [-0.25, -0.2) is 0 Å². The van der Waals surface area contributed by atoms with Crippen molar-refractivity contribution in [2.24, 2.45) is 0 Å². The third kappa shape index (κ3) is 5.37. The van der Waals surface area contributed by atoms with Gasteiger partial charge >= 0.3 is 0 Å². The first kappa shape index (κ1) is 20.4. The molecule has 1 unspecified atom stereocenters. The Labute approximate surface area is 178 Å². The Morgan fingerprint density at radius 1 is 1.10 bits per heavy atom. The SMILES string of the molecule is Cc1ccc(NC(=O)C(C)Nc2ccc(Oc3ccccc3C#N)cc2)c(Br)c1. The van der Waals surface area contributed by atoms with Gasteiger partial charge in [-0.3, -0.25) is 4.79 Å². The zero-order chi connectivity index (χ0) is 20.8. The number of para-hydroxylation sites is 1. The number of anilines is 2. The summed E-state index contributed by atoms with van der Waals surface area (Å²) in [5.41, 5.74) is 3.11. The first-order valence-electron chi connectivity index (χ1n) is 9.07. The predicted molar refractivity (Wildman–Crippen MR) is 118 cm³/mol. The molecule has 0 aliphatic carbocycles. The van der Waals surface area contributed by atoms with E-state index in [1.165, 1.54) is 0 Å². The van der Waals surface area contributed by atoms with Crippen molar-refractivity contribution in [2.45, 2.75) is 19.9 Å². The van der Waals surface area contributed by atoms with Crippen molar-refractivity contribution < 1.29 is 9.53 Å². The van der Waals surface area contributed by atoms with E-state index in [1.54, 1.807) is 37.3 Å². The van der Waals surface area contributed by atoms with Gasteiger partial charge in [0.15, 0.2) is 0 Å². The number of hydrogen-bond acceptors (Lipinski definition) is 4. The van der Waals surface area contributed by atoms with Crippen LogP contribution < -0.4 is 15.4 Å². The van der Waals surface area contributed by atoms with E-state index in [0.717, 1.165) is 21.4 Å². The van der Waals surface area contributed by atoms with Crippen LogP contribution in [0.3, 0.4) is 0 Å². The minimum Gasteiger partial charge on any atom is -0.456 e. The smallest absolute Gasteiger partial charge is 0.246 e.